The maximum Gasteiger partial charge on any atom is 0.0731 e. The van der Waals surface area contributed by atoms with E-state index in [1.807, 2.05) is 0 Å². The first-order valence-corrected chi connectivity index (χ1v) is 5.70. The number of benzene rings is 1. The van der Waals surface area contributed by atoms with Gasteiger partial charge in [-0.25, -0.2) is 0 Å². The molecule has 0 bridgehead atoms. The molecule has 0 saturated heterocycles. The van der Waals surface area contributed by atoms with E-state index in [0.29, 0.717) is 5.92 Å². The summed E-state index contributed by atoms with van der Waals surface area (Å²) in [6.07, 6.45) is 2.31. The van der Waals surface area contributed by atoms with E-state index in [1.165, 1.54) is 16.6 Å². The van der Waals surface area contributed by atoms with Crippen molar-refractivity contribution in [1.82, 2.24) is 10.2 Å². The fourth-order valence-corrected chi connectivity index (χ4v) is 2.13. The highest BCUT2D eigenvalue weighted by Crippen LogP contribution is 2.28. The lowest BCUT2D eigenvalue weighted by atomic mass is 9.96. The lowest BCUT2D eigenvalue weighted by Gasteiger charge is -2.09. The van der Waals surface area contributed by atoms with Gasteiger partial charge in [0.1, 0.15) is 0 Å². The molecule has 2 aromatic rings. The molecule has 0 aliphatic heterocycles. The molecule has 2 rings (SSSR count). The Kier molecular flexibility index (Phi) is 2.76. The van der Waals surface area contributed by atoms with Gasteiger partial charge in [0.05, 0.1) is 11.2 Å². The molecular weight excluding hydrogens is 184 g/mol. The molecule has 0 unspecified atom stereocenters. The number of rotatable bonds is 3. The maximum absolute atomic E-state index is 4.45. The van der Waals surface area contributed by atoms with Gasteiger partial charge >= 0.3 is 0 Å². The van der Waals surface area contributed by atoms with Crippen LogP contribution in [0.2, 0.25) is 0 Å². The average molecular weight is 202 g/mol. The lowest BCUT2D eigenvalue weighted by molar-refractivity contribution is 0.625. The zero-order chi connectivity index (χ0) is 10.8. The molecule has 0 fully saturated rings. The molecule has 0 amide bonds. The first-order chi connectivity index (χ1) is 7.26. The van der Waals surface area contributed by atoms with Crippen LogP contribution in [0.15, 0.2) is 18.2 Å². The van der Waals surface area contributed by atoms with Crippen LogP contribution in [0, 0.1) is 6.92 Å². The molecule has 80 valence electrons. The summed E-state index contributed by atoms with van der Waals surface area (Å²) in [6, 6.07) is 6.47. The Balaban J connectivity index is 2.55. The van der Waals surface area contributed by atoms with E-state index in [0.717, 1.165) is 18.4 Å². The van der Waals surface area contributed by atoms with Gasteiger partial charge < -0.3 is 0 Å². The van der Waals surface area contributed by atoms with E-state index in [4.69, 9.17) is 0 Å². The van der Waals surface area contributed by atoms with Crippen LogP contribution in [0.5, 0.6) is 0 Å². The highest BCUT2D eigenvalue weighted by molar-refractivity contribution is 5.82. The highest BCUT2D eigenvalue weighted by atomic mass is 15.1. The fourth-order valence-electron chi connectivity index (χ4n) is 2.13. The Labute approximate surface area is 90.7 Å². The van der Waals surface area contributed by atoms with Gasteiger partial charge in [-0.3, -0.25) is 5.10 Å². The molecule has 0 atom stereocenters. The zero-order valence-corrected chi connectivity index (χ0v) is 9.67. The van der Waals surface area contributed by atoms with Crippen LogP contribution in [0.1, 0.15) is 43.9 Å². The molecular formula is C13H18N2. The van der Waals surface area contributed by atoms with Gasteiger partial charge in [-0.1, -0.05) is 25.5 Å². The van der Waals surface area contributed by atoms with Gasteiger partial charge in [-0.2, -0.15) is 5.10 Å². The molecule has 15 heavy (non-hydrogen) atoms. The number of hydrogen-bond acceptors (Lipinski definition) is 1. The average Bonchev–Trinajstić information content (AvgIpc) is 2.64. The predicted octanol–water partition coefficient (Wildman–Crippen LogP) is 3.77. The topological polar surface area (TPSA) is 28.7 Å². The molecule has 0 aliphatic carbocycles. The minimum atomic E-state index is 0.584. The SMILES string of the molecule is CCC(CC)c1n[nH]c2ccc(C)cc12. The first kappa shape index (κ1) is 10.2. The second-order valence-corrected chi connectivity index (χ2v) is 4.17. The van der Waals surface area contributed by atoms with E-state index < -0.39 is 0 Å². The zero-order valence-electron chi connectivity index (χ0n) is 9.67. The van der Waals surface area contributed by atoms with Gasteiger partial charge in [0.2, 0.25) is 0 Å². The van der Waals surface area contributed by atoms with Gasteiger partial charge in [-0.05, 0) is 31.9 Å². The lowest BCUT2D eigenvalue weighted by Crippen LogP contribution is -1.96. The van der Waals surface area contributed by atoms with Crippen LogP contribution in [0.4, 0.5) is 0 Å². The Morgan fingerprint density at radius 1 is 1.27 bits per heavy atom. The van der Waals surface area contributed by atoms with E-state index in [9.17, 15) is 0 Å². The number of nitrogens with zero attached hydrogens (tertiary/aromatic N) is 1. The number of nitrogens with one attached hydrogen (secondary N) is 1. The normalized spacial score (nSPS) is 11.5. The molecule has 1 heterocycles. The largest absolute Gasteiger partial charge is 0.278 e. The van der Waals surface area contributed by atoms with E-state index >= 15 is 0 Å². The Morgan fingerprint density at radius 2 is 2.00 bits per heavy atom. The molecule has 0 aliphatic rings. The Bertz CT molecular complexity index is 453. The standard InChI is InChI=1S/C13H18N2/c1-4-10(5-2)13-11-8-9(3)6-7-12(11)14-15-13/h6-8,10H,4-5H2,1-3H3,(H,14,15). The van der Waals surface area contributed by atoms with E-state index in [2.05, 4.69) is 49.2 Å². The molecule has 1 N–H and O–H groups in total. The highest BCUT2D eigenvalue weighted by Gasteiger charge is 2.13. The van der Waals surface area contributed by atoms with E-state index in [1.54, 1.807) is 0 Å². The third-order valence-electron chi connectivity index (χ3n) is 3.12. The van der Waals surface area contributed by atoms with Crippen LogP contribution in [0.3, 0.4) is 0 Å². The second-order valence-electron chi connectivity index (χ2n) is 4.17. The van der Waals surface area contributed by atoms with Crippen molar-refractivity contribution < 1.29 is 0 Å². The summed E-state index contributed by atoms with van der Waals surface area (Å²) in [5.74, 6) is 0.584. The van der Waals surface area contributed by atoms with Crippen LogP contribution in [-0.2, 0) is 0 Å². The maximum atomic E-state index is 4.45. The monoisotopic (exact) mass is 202 g/mol. The Morgan fingerprint density at radius 3 is 2.67 bits per heavy atom. The van der Waals surface area contributed by atoms with Crippen molar-refractivity contribution in [2.75, 3.05) is 0 Å². The van der Waals surface area contributed by atoms with Gasteiger partial charge in [-0.15, -0.1) is 0 Å². The van der Waals surface area contributed by atoms with Crippen molar-refractivity contribution in [3.05, 3.63) is 29.5 Å². The molecule has 2 heteroatoms. The number of hydrogen-bond donors (Lipinski definition) is 1. The van der Waals surface area contributed by atoms with Crippen LogP contribution >= 0.6 is 0 Å². The summed E-state index contributed by atoms with van der Waals surface area (Å²) >= 11 is 0. The third-order valence-corrected chi connectivity index (χ3v) is 3.12. The molecule has 0 spiro atoms. The van der Waals surface area contributed by atoms with Crippen molar-refractivity contribution in [2.45, 2.75) is 39.5 Å². The van der Waals surface area contributed by atoms with Crippen molar-refractivity contribution in [1.29, 1.82) is 0 Å². The minimum Gasteiger partial charge on any atom is -0.278 e. The number of aryl methyl sites for hydroxylation is 1. The number of H-pyrrole nitrogens is 1. The number of fused-ring (bicyclic) bond motifs is 1. The molecule has 0 radical (unpaired) electrons. The van der Waals surface area contributed by atoms with Crippen molar-refractivity contribution in [2.24, 2.45) is 0 Å². The summed E-state index contributed by atoms with van der Waals surface area (Å²) in [6.45, 7) is 6.58. The van der Waals surface area contributed by atoms with Crippen LogP contribution in [-0.4, -0.2) is 10.2 Å². The number of aromatic nitrogens is 2. The summed E-state index contributed by atoms with van der Waals surface area (Å²) < 4.78 is 0. The Hall–Kier alpha value is -1.31. The van der Waals surface area contributed by atoms with Crippen LogP contribution < -0.4 is 0 Å². The summed E-state index contributed by atoms with van der Waals surface area (Å²) in [7, 11) is 0. The smallest absolute Gasteiger partial charge is 0.0731 e. The van der Waals surface area contributed by atoms with Gasteiger partial charge in [0.25, 0.3) is 0 Å². The predicted molar refractivity (Wildman–Crippen MR) is 64.2 cm³/mol. The van der Waals surface area contributed by atoms with Crippen molar-refractivity contribution in [3.63, 3.8) is 0 Å². The van der Waals surface area contributed by atoms with Gasteiger partial charge in [0.15, 0.2) is 0 Å². The second kappa shape index (κ2) is 4.05. The van der Waals surface area contributed by atoms with Crippen molar-refractivity contribution >= 4 is 10.9 Å². The third kappa shape index (κ3) is 1.76. The molecule has 1 aromatic heterocycles. The molecule has 2 nitrogen and oxygen atoms in total. The first-order valence-electron chi connectivity index (χ1n) is 5.70. The van der Waals surface area contributed by atoms with Crippen LogP contribution in [0.25, 0.3) is 10.9 Å². The quantitative estimate of drug-likeness (QED) is 0.806. The molecule has 0 saturated carbocycles. The summed E-state index contributed by atoms with van der Waals surface area (Å²) in [5, 5.41) is 8.86. The van der Waals surface area contributed by atoms with Crippen molar-refractivity contribution in [3.8, 4) is 0 Å². The number of aromatic amines is 1. The summed E-state index contributed by atoms with van der Waals surface area (Å²) in [5.41, 5.74) is 3.69. The molecule has 1 aromatic carbocycles. The summed E-state index contributed by atoms with van der Waals surface area (Å²) in [4.78, 5) is 0. The fraction of sp³-hybridized carbons (Fsp3) is 0.462. The minimum absolute atomic E-state index is 0.584. The van der Waals surface area contributed by atoms with E-state index in [-0.39, 0.29) is 0 Å². The van der Waals surface area contributed by atoms with Gasteiger partial charge in [0, 0.05) is 11.3 Å².